The molecule has 4 heterocycles. The lowest BCUT2D eigenvalue weighted by atomic mass is 9.93. The van der Waals surface area contributed by atoms with Crippen LogP contribution in [0.2, 0.25) is 0 Å². The number of alkyl halides is 6. The molecular formula is C21H25F6N5O5S. The van der Waals surface area contributed by atoms with Crippen molar-refractivity contribution in [2.45, 2.75) is 30.9 Å². The number of anilines is 1. The van der Waals surface area contributed by atoms with Crippen LogP contribution >= 0.6 is 11.3 Å². The fraction of sp³-hybridized carbons (Fsp3) is 0.524. The van der Waals surface area contributed by atoms with Crippen molar-refractivity contribution < 1.29 is 50.9 Å². The summed E-state index contributed by atoms with van der Waals surface area (Å²) in [7, 11) is 3.98. The Balaban J connectivity index is 0.000000301. The van der Waals surface area contributed by atoms with Crippen molar-refractivity contribution in [2.24, 2.45) is 7.05 Å². The van der Waals surface area contributed by atoms with E-state index < -0.39 is 24.3 Å². The maximum Gasteiger partial charge on any atom is 0.490 e. The monoisotopic (exact) mass is 573 g/mol. The van der Waals surface area contributed by atoms with E-state index in [4.69, 9.17) is 19.8 Å². The molecule has 4 rings (SSSR count). The number of halogens is 6. The van der Waals surface area contributed by atoms with E-state index in [1.54, 1.807) is 22.2 Å². The SMILES string of the molecule is CN1CC(=O)N(c2cnn(C)c2)CC12CCN(Cc1ccsc1)C2.O=C(O)C(F)(F)F.O=C(O)C(F)(F)F. The van der Waals surface area contributed by atoms with Gasteiger partial charge in [-0.1, -0.05) is 0 Å². The average molecular weight is 574 g/mol. The number of hydrogen-bond donors (Lipinski definition) is 2. The molecule has 17 heteroatoms. The number of carbonyl (C=O) groups is 3. The predicted octanol–water partition coefficient (Wildman–Crippen LogP) is 2.67. The lowest BCUT2D eigenvalue weighted by molar-refractivity contribution is -0.193. The summed E-state index contributed by atoms with van der Waals surface area (Å²) in [5.74, 6) is -5.35. The molecule has 1 amide bonds. The first-order valence-corrected chi connectivity index (χ1v) is 11.7. The molecular weight excluding hydrogens is 548 g/mol. The van der Waals surface area contributed by atoms with Crippen molar-refractivity contribution in [1.82, 2.24) is 19.6 Å². The number of amides is 1. The van der Waals surface area contributed by atoms with Crippen molar-refractivity contribution in [3.63, 3.8) is 0 Å². The van der Waals surface area contributed by atoms with Gasteiger partial charge >= 0.3 is 24.3 Å². The molecule has 0 radical (unpaired) electrons. The first kappa shape index (κ1) is 31.0. The first-order chi connectivity index (χ1) is 17.4. The molecule has 2 aromatic heterocycles. The minimum absolute atomic E-state index is 0.0414. The molecule has 2 saturated heterocycles. The normalized spacial score (nSPS) is 20.5. The molecule has 38 heavy (non-hydrogen) atoms. The summed E-state index contributed by atoms with van der Waals surface area (Å²) in [5.41, 5.74) is 2.33. The Morgan fingerprint density at radius 3 is 2.11 bits per heavy atom. The second-order valence-corrected chi connectivity index (χ2v) is 9.41. The van der Waals surface area contributed by atoms with Gasteiger partial charge in [-0.2, -0.15) is 42.8 Å². The summed E-state index contributed by atoms with van der Waals surface area (Å²) in [6, 6.07) is 2.20. The summed E-state index contributed by atoms with van der Waals surface area (Å²) in [6.07, 6.45) is -5.36. The van der Waals surface area contributed by atoms with E-state index in [0.29, 0.717) is 6.54 Å². The number of likely N-dealkylation sites (tertiary alicyclic amines) is 1. The maximum absolute atomic E-state index is 12.5. The molecule has 2 N–H and O–H groups in total. The largest absolute Gasteiger partial charge is 0.490 e. The van der Waals surface area contributed by atoms with Gasteiger partial charge in [0, 0.05) is 39.4 Å². The predicted molar refractivity (Wildman–Crippen MR) is 123 cm³/mol. The molecule has 2 aliphatic heterocycles. The second kappa shape index (κ2) is 12.1. The zero-order valence-electron chi connectivity index (χ0n) is 20.2. The molecule has 0 aliphatic carbocycles. The van der Waals surface area contributed by atoms with Crippen molar-refractivity contribution in [3.8, 4) is 0 Å². The highest BCUT2D eigenvalue weighted by Crippen LogP contribution is 2.34. The number of thiophene rings is 1. The van der Waals surface area contributed by atoms with Crippen LogP contribution in [0.3, 0.4) is 0 Å². The average Bonchev–Trinajstić information content (AvgIpc) is 3.53. The Bertz CT molecular complexity index is 1080. The summed E-state index contributed by atoms with van der Waals surface area (Å²) in [4.78, 5) is 37.0. The van der Waals surface area contributed by atoms with E-state index in [0.717, 1.165) is 38.3 Å². The number of nitrogens with zero attached hydrogens (tertiary/aromatic N) is 5. The summed E-state index contributed by atoms with van der Waals surface area (Å²) >= 11 is 1.75. The Labute approximate surface area is 216 Å². The molecule has 0 aromatic carbocycles. The van der Waals surface area contributed by atoms with Crippen LogP contribution in [0.15, 0.2) is 29.2 Å². The van der Waals surface area contributed by atoms with Gasteiger partial charge in [0.1, 0.15) is 0 Å². The number of aryl methyl sites for hydroxylation is 1. The number of hydrogen-bond acceptors (Lipinski definition) is 7. The van der Waals surface area contributed by atoms with E-state index in [9.17, 15) is 31.1 Å². The van der Waals surface area contributed by atoms with Gasteiger partial charge in [0.25, 0.3) is 0 Å². The second-order valence-electron chi connectivity index (χ2n) is 8.63. The van der Waals surface area contributed by atoms with Gasteiger partial charge in [0.2, 0.25) is 5.91 Å². The molecule has 212 valence electrons. The van der Waals surface area contributed by atoms with Crippen molar-refractivity contribution in [3.05, 3.63) is 34.8 Å². The highest BCUT2D eigenvalue weighted by molar-refractivity contribution is 7.07. The van der Waals surface area contributed by atoms with Crippen LogP contribution in [0, 0.1) is 0 Å². The van der Waals surface area contributed by atoms with Crippen LogP contribution in [-0.2, 0) is 28.0 Å². The number of aliphatic carboxylic acids is 2. The fourth-order valence-electron chi connectivity index (χ4n) is 3.90. The van der Waals surface area contributed by atoms with Crippen LogP contribution in [0.25, 0.3) is 0 Å². The third-order valence-electron chi connectivity index (χ3n) is 5.82. The number of likely N-dealkylation sites (N-methyl/N-ethyl adjacent to an activating group) is 1. The van der Waals surface area contributed by atoms with E-state index >= 15 is 0 Å². The molecule has 1 unspecified atom stereocenters. The summed E-state index contributed by atoms with van der Waals surface area (Å²) < 4.78 is 65.2. The Morgan fingerprint density at radius 2 is 1.66 bits per heavy atom. The minimum Gasteiger partial charge on any atom is -0.475 e. The number of piperazine rings is 1. The van der Waals surface area contributed by atoms with Gasteiger partial charge in [-0.05, 0) is 35.9 Å². The summed E-state index contributed by atoms with van der Waals surface area (Å²) in [6.45, 7) is 4.30. The van der Waals surface area contributed by atoms with Crippen molar-refractivity contribution >= 4 is 34.9 Å². The zero-order chi connectivity index (χ0) is 28.9. The third kappa shape index (κ3) is 8.42. The van der Waals surface area contributed by atoms with E-state index in [2.05, 4.69) is 38.8 Å². The number of carboxylic acids is 2. The lowest BCUT2D eigenvalue weighted by Crippen LogP contribution is -2.64. The maximum atomic E-state index is 12.5. The van der Waals surface area contributed by atoms with E-state index in [-0.39, 0.29) is 11.4 Å². The van der Waals surface area contributed by atoms with E-state index in [1.165, 1.54) is 5.56 Å². The van der Waals surface area contributed by atoms with Crippen molar-refractivity contribution in [1.29, 1.82) is 0 Å². The highest BCUT2D eigenvalue weighted by atomic mass is 32.1. The Morgan fingerprint density at radius 1 is 1.08 bits per heavy atom. The van der Waals surface area contributed by atoms with Crippen LogP contribution in [0.5, 0.6) is 0 Å². The fourth-order valence-corrected chi connectivity index (χ4v) is 4.56. The van der Waals surface area contributed by atoms with Gasteiger partial charge in [-0.25, -0.2) is 9.59 Å². The van der Waals surface area contributed by atoms with Crippen LogP contribution in [0.4, 0.5) is 32.0 Å². The number of aromatic nitrogens is 2. The quantitative estimate of drug-likeness (QED) is 0.539. The molecule has 10 nitrogen and oxygen atoms in total. The minimum atomic E-state index is -5.08. The molecule has 0 bridgehead atoms. The van der Waals surface area contributed by atoms with Crippen LogP contribution in [-0.4, -0.2) is 98.8 Å². The highest BCUT2D eigenvalue weighted by Gasteiger charge is 2.47. The Kier molecular flexibility index (Phi) is 9.90. The number of carbonyl (C=O) groups excluding carboxylic acids is 1. The molecule has 0 saturated carbocycles. The molecule has 2 aromatic rings. The Hall–Kier alpha value is -3.18. The molecule has 2 aliphatic rings. The third-order valence-corrected chi connectivity index (χ3v) is 6.55. The number of carboxylic acid groups (broad SMARTS) is 2. The topological polar surface area (TPSA) is 119 Å². The van der Waals surface area contributed by atoms with Gasteiger partial charge in [-0.3, -0.25) is 19.3 Å². The standard InChI is InChI=1S/C17H23N5OS.2C2HF3O2/c1-19-10-16(23)22(15-7-18-20(2)9-15)13-17(19)4-5-21(12-17)8-14-3-6-24-11-14;2*3-2(4,5)1(6)7/h3,6-7,9,11H,4-5,8,10,12-13H2,1-2H3;2*(H,6,7). The summed E-state index contributed by atoms with van der Waals surface area (Å²) in [5, 5.41) is 22.8. The molecule has 1 atom stereocenters. The van der Waals surface area contributed by atoms with Crippen molar-refractivity contribution in [2.75, 3.05) is 38.1 Å². The molecule has 1 spiro atoms. The number of rotatable bonds is 3. The van der Waals surface area contributed by atoms with Crippen LogP contribution in [0.1, 0.15) is 12.0 Å². The van der Waals surface area contributed by atoms with Crippen LogP contribution < -0.4 is 4.90 Å². The van der Waals surface area contributed by atoms with Gasteiger partial charge in [0.05, 0.1) is 24.0 Å². The van der Waals surface area contributed by atoms with Gasteiger partial charge < -0.3 is 15.1 Å². The zero-order valence-corrected chi connectivity index (χ0v) is 21.0. The van der Waals surface area contributed by atoms with Gasteiger partial charge in [0.15, 0.2) is 0 Å². The smallest absolute Gasteiger partial charge is 0.475 e. The lowest BCUT2D eigenvalue weighted by Gasteiger charge is -2.46. The molecule has 2 fully saturated rings. The first-order valence-electron chi connectivity index (χ1n) is 10.8. The van der Waals surface area contributed by atoms with Gasteiger partial charge in [-0.15, -0.1) is 0 Å². The van der Waals surface area contributed by atoms with E-state index in [1.807, 2.05) is 18.1 Å².